The number of amides is 1. The summed E-state index contributed by atoms with van der Waals surface area (Å²) in [5.74, 6) is 0.933. The molecular weight excluding hydrogens is 416 g/mol. The third-order valence-corrected chi connectivity index (χ3v) is 6.71. The van der Waals surface area contributed by atoms with Crippen molar-refractivity contribution in [1.29, 1.82) is 0 Å². The fraction of sp³-hybridized carbons (Fsp3) is 0.435. The number of carbonyl (C=O) groups is 1. The van der Waals surface area contributed by atoms with Gasteiger partial charge < -0.3 is 14.8 Å². The molecule has 0 aromatic heterocycles. The highest BCUT2D eigenvalue weighted by molar-refractivity contribution is 7.92. The van der Waals surface area contributed by atoms with Gasteiger partial charge in [-0.3, -0.25) is 9.52 Å². The van der Waals surface area contributed by atoms with E-state index in [1.807, 2.05) is 0 Å². The minimum Gasteiger partial charge on any atom is -0.497 e. The summed E-state index contributed by atoms with van der Waals surface area (Å²) in [6, 6.07) is 12.8. The van der Waals surface area contributed by atoms with Crippen molar-refractivity contribution in [2.75, 3.05) is 18.4 Å². The average molecular weight is 447 g/mol. The number of nitrogens with one attached hydrogen (secondary N) is 2. The van der Waals surface area contributed by atoms with E-state index in [9.17, 15) is 13.2 Å². The molecule has 1 aliphatic rings. The van der Waals surface area contributed by atoms with Crippen molar-refractivity contribution in [3.8, 4) is 11.5 Å². The molecule has 0 spiro atoms. The summed E-state index contributed by atoms with van der Waals surface area (Å²) in [4.78, 5) is 12.3. The lowest BCUT2D eigenvalue weighted by molar-refractivity contribution is -0.123. The van der Waals surface area contributed by atoms with Crippen LogP contribution in [-0.4, -0.2) is 34.1 Å². The third kappa shape index (κ3) is 7.17. The maximum absolute atomic E-state index is 12.6. The molecule has 0 bridgehead atoms. The van der Waals surface area contributed by atoms with Gasteiger partial charge in [-0.25, -0.2) is 8.42 Å². The number of benzene rings is 2. The molecule has 3 rings (SSSR count). The third-order valence-electron chi connectivity index (χ3n) is 5.32. The molecule has 2 N–H and O–H groups in total. The Morgan fingerprint density at radius 1 is 0.903 bits per heavy atom. The van der Waals surface area contributed by atoms with Gasteiger partial charge in [-0.1, -0.05) is 32.1 Å². The van der Waals surface area contributed by atoms with E-state index in [2.05, 4.69) is 10.0 Å². The van der Waals surface area contributed by atoms with Crippen LogP contribution in [0.2, 0.25) is 0 Å². The van der Waals surface area contributed by atoms with Gasteiger partial charge >= 0.3 is 0 Å². The molecule has 7 nitrogen and oxygen atoms in total. The molecule has 2 aromatic rings. The van der Waals surface area contributed by atoms with Gasteiger partial charge in [-0.2, -0.15) is 0 Å². The average Bonchev–Trinajstić information content (AvgIpc) is 2.75. The first-order chi connectivity index (χ1) is 15.0. The Morgan fingerprint density at radius 3 is 2.10 bits per heavy atom. The van der Waals surface area contributed by atoms with E-state index in [-0.39, 0.29) is 23.5 Å². The van der Waals surface area contributed by atoms with E-state index >= 15 is 0 Å². The van der Waals surface area contributed by atoms with Crippen molar-refractivity contribution in [3.05, 3.63) is 48.5 Å². The molecule has 0 saturated heterocycles. The first-order valence-corrected chi connectivity index (χ1v) is 12.1. The zero-order chi connectivity index (χ0) is 22.1. The highest BCUT2D eigenvalue weighted by Gasteiger charge is 2.16. The second kappa shape index (κ2) is 11.0. The van der Waals surface area contributed by atoms with E-state index in [4.69, 9.17) is 9.47 Å². The van der Waals surface area contributed by atoms with Crippen LogP contribution < -0.4 is 19.5 Å². The summed E-state index contributed by atoms with van der Waals surface area (Å²) in [7, 11) is -2.19. The van der Waals surface area contributed by atoms with Crippen LogP contribution in [0.5, 0.6) is 11.5 Å². The number of hydrogen-bond acceptors (Lipinski definition) is 5. The van der Waals surface area contributed by atoms with Gasteiger partial charge in [0.05, 0.1) is 12.0 Å². The number of carbonyl (C=O) groups excluding carboxylic acids is 1. The van der Waals surface area contributed by atoms with Crippen LogP contribution in [0.15, 0.2) is 53.4 Å². The second-order valence-corrected chi connectivity index (χ2v) is 9.39. The zero-order valence-corrected chi connectivity index (χ0v) is 18.6. The first kappa shape index (κ1) is 22.9. The van der Waals surface area contributed by atoms with Crippen molar-refractivity contribution in [2.24, 2.45) is 0 Å². The molecular formula is C23H30N2O5S. The monoisotopic (exact) mass is 446 g/mol. The Hall–Kier alpha value is -2.74. The first-order valence-electron chi connectivity index (χ1n) is 10.7. The van der Waals surface area contributed by atoms with Gasteiger partial charge in [0.25, 0.3) is 15.9 Å². The number of anilines is 1. The molecule has 2 aromatic carbocycles. The maximum Gasteiger partial charge on any atom is 0.261 e. The summed E-state index contributed by atoms with van der Waals surface area (Å²) >= 11 is 0. The van der Waals surface area contributed by atoms with Crippen molar-refractivity contribution in [2.45, 2.75) is 55.9 Å². The van der Waals surface area contributed by atoms with Crippen molar-refractivity contribution >= 4 is 21.6 Å². The van der Waals surface area contributed by atoms with Gasteiger partial charge in [0.1, 0.15) is 11.5 Å². The molecule has 1 aliphatic carbocycles. The molecule has 1 fully saturated rings. The molecule has 0 aliphatic heterocycles. The highest BCUT2D eigenvalue weighted by atomic mass is 32.2. The van der Waals surface area contributed by atoms with Gasteiger partial charge in [0, 0.05) is 11.7 Å². The van der Waals surface area contributed by atoms with Gasteiger partial charge in [0.15, 0.2) is 6.61 Å². The molecule has 8 heteroatoms. The summed E-state index contributed by atoms with van der Waals surface area (Å²) in [5.41, 5.74) is 0.437. The molecule has 0 atom stereocenters. The molecule has 0 radical (unpaired) electrons. The molecule has 0 unspecified atom stereocenters. The zero-order valence-electron chi connectivity index (χ0n) is 17.8. The number of ether oxygens (including phenoxy) is 2. The van der Waals surface area contributed by atoms with E-state index < -0.39 is 10.0 Å². The predicted octanol–water partition coefficient (Wildman–Crippen LogP) is 4.10. The number of sulfonamides is 1. The van der Waals surface area contributed by atoms with E-state index in [0.717, 1.165) is 25.7 Å². The topological polar surface area (TPSA) is 93.7 Å². The molecule has 31 heavy (non-hydrogen) atoms. The van der Waals surface area contributed by atoms with Crippen LogP contribution in [0, 0.1) is 0 Å². The largest absolute Gasteiger partial charge is 0.497 e. The lowest BCUT2D eigenvalue weighted by Gasteiger charge is -2.21. The molecule has 1 saturated carbocycles. The Balaban J connectivity index is 1.51. The molecule has 0 heterocycles. The fourth-order valence-corrected chi connectivity index (χ4v) is 4.67. The highest BCUT2D eigenvalue weighted by Crippen LogP contribution is 2.21. The van der Waals surface area contributed by atoms with Crippen LogP contribution in [0.4, 0.5) is 5.69 Å². The fourth-order valence-electron chi connectivity index (χ4n) is 3.61. The smallest absolute Gasteiger partial charge is 0.261 e. The van der Waals surface area contributed by atoms with Crippen molar-refractivity contribution in [1.82, 2.24) is 5.32 Å². The SMILES string of the molecule is COc1ccc(NS(=O)(=O)c2ccc(OCC(=O)NC3CCCCCCC3)cc2)cc1. The minimum absolute atomic E-state index is 0.0906. The minimum atomic E-state index is -3.73. The lowest BCUT2D eigenvalue weighted by atomic mass is 9.97. The van der Waals surface area contributed by atoms with Crippen molar-refractivity contribution in [3.63, 3.8) is 0 Å². The van der Waals surface area contributed by atoms with Gasteiger partial charge in [-0.05, 0) is 61.4 Å². The number of hydrogen-bond donors (Lipinski definition) is 2. The lowest BCUT2D eigenvalue weighted by Crippen LogP contribution is -2.38. The summed E-state index contributed by atoms with van der Waals surface area (Å²) in [6.07, 6.45) is 8.06. The standard InChI is InChI=1S/C23H30N2O5S/c1-29-20-11-9-19(10-12-20)25-31(27,28)22-15-13-21(14-16-22)30-17-23(26)24-18-7-5-3-2-4-6-8-18/h9-16,18,25H,2-8,17H2,1H3,(H,24,26). The summed E-state index contributed by atoms with van der Waals surface area (Å²) in [5, 5.41) is 3.05. The normalized spacial score (nSPS) is 15.4. The van der Waals surface area contributed by atoms with E-state index in [0.29, 0.717) is 17.2 Å². The molecule has 1 amide bonds. The van der Waals surface area contributed by atoms with Crippen LogP contribution in [0.25, 0.3) is 0 Å². The Labute approximate surface area is 184 Å². The van der Waals surface area contributed by atoms with Crippen LogP contribution >= 0.6 is 0 Å². The summed E-state index contributed by atoms with van der Waals surface area (Å²) in [6.45, 7) is -0.0906. The van der Waals surface area contributed by atoms with Crippen LogP contribution in [-0.2, 0) is 14.8 Å². The maximum atomic E-state index is 12.6. The van der Waals surface area contributed by atoms with Gasteiger partial charge in [-0.15, -0.1) is 0 Å². The number of methoxy groups -OCH3 is 1. The van der Waals surface area contributed by atoms with Crippen molar-refractivity contribution < 1.29 is 22.7 Å². The van der Waals surface area contributed by atoms with Gasteiger partial charge in [0.2, 0.25) is 0 Å². The quantitative estimate of drug-likeness (QED) is 0.637. The van der Waals surface area contributed by atoms with Crippen LogP contribution in [0.1, 0.15) is 44.9 Å². The molecule has 168 valence electrons. The van der Waals surface area contributed by atoms with Crippen LogP contribution in [0.3, 0.4) is 0 Å². The summed E-state index contributed by atoms with van der Waals surface area (Å²) < 4.78 is 38.2. The van der Waals surface area contributed by atoms with E-state index in [1.165, 1.54) is 31.4 Å². The Morgan fingerprint density at radius 2 is 1.48 bits per heavy atom. The Kier molecular flexibility index (Phi) is 8.17. The second-order valence-electron chi connectivity index (χ2n) is 7.70. The van der Waals surface area contributed by atoms with E-state index in [1.54, 1.807) is 43.5 Å². The predicted molar refractivity (Wildman–Crippen MR) is 120 cm³/mol. The number of rotatable bonds is 8. The Bertz CT molecular complexity index is 935.